The first-order valence-electron chi connectivity index (χ1n) is 15.6. The van der Waals surface area contributed by atoms with Crippen molar-refractivity contribution in [3.8, 4) is 17.2 Å². The van der Waals surface area contributed by atoms with Gasteiger partial charge in [0.15, 0.2) is 0 Å². The molecule has 9 heteroatoms. The standard InChI is InChI=1S/C40H35N3O6/c1-47-34-21-15-31(16-22-34)40(30-11-7-4-8-12-30,32-17-23-35(48-2)24-18-32)49-27-36(44)28-13-19-33(20-14-28)43-26-25-37(42-39(43)46)41-38(45)29-9-5-3-6-10-29/h3-26,36,44H,27H2,1-2H3,(H,41,42,45,46)/t36-/m1/s1. The molecule has 1 heterocycles. The zero-order chi connectivity index (χ0) is 34.2. The normalized spacial score (nSPS) is 11.8. The highest BCUT2D eigenvalue weighted by Crippen LogP contribution is 2.42. The van der Waals surface area contributed by atoms with Gasteiger partial charge in [-0.1, -0.05) is 84.9 Å². The van der Waals surface area contributed by atoms with Gasteiger partial charge in [0.1, 0.15) is 29.0 Å². The van der Waals surface area contributed by atoms with Crippen LogP contribution in [-0.4, -0.2) is 41.4 Å². The molecule has 5 aromatic carbocycles. The average molecular weight is 654 g/mol. The molecule has 0 fully saturated rings. The number of nitrogens with zero attached hydrogens (tertiary/aromatic N) is 2. The van der Waals surface area contributed by atoms with E-state index in [0.717, 1.165) is 16.7 Å². The summed E-state index contributed by atoms with van der Waals surface area (Å²) in [4.78, 5) is 29.4. The van der Waals surface area contributed by atoms with Gasteiger partial charge in [-0.3, -0.25) is 9.36 Å². The predicted molar refractivity (Wildman–Crippen MR) is 187 cm³/mol. The topological polar surface area (TPSA) is 112 Å². The first-order valence-corrected chi connectivity index (χ1v) is 15.6. The van der Waals surface area contributed by atoms with Crippen LogP contribution in [-0.2, 0) is 10.3 Å². The van der Waals surface area contributed by atoms with Crippen molar-refractivity contribution in [1.29, 1.82) is 0 Å². The molecule has 0 radical (unpaired) electrons. The molecule has 1 aromatic heterocycles. The van der Waals surface area contributed by atoms with Crippen LogP contribution >= 0.6 is 0 Å². The van der Waals surface area contributed by atoms with Crippen molar-refractivity contribution in [3.05, 3.63) is 184 Å². The Hall–Kier alpha value is -6.03. The van der Waals surface area contributed by atoms with Gasteiger partial charge in [-0.05, 0) is 76.9 Å². The van der Waals surface area contributed by atoms with Crippen molar-refractivity contribution in [2.24, 2.45) is 0 Å². The Morgan fingerprint density at radius 1 is 0.735 bits per heavy atom. The second kappa shape index (κ2) is 14.8. The van der Waals surface area contributed by atoms with Crippen LogP contribution in [0.15, 0.2) is 151 Å². The summed E-state index contributed by atoms with van der Waals surface area (Å²) in [7, 11) is 3.24. The number of carbonyl (C=O) groups is 1. The van der Waals surface area contributed by atoms with Gasteiger partial charge < -0.3 is 24.6 Å². The number of rotatable bonds is 12. The summed E-state index contributed by atoms with van der Waals surface area (Å²) in [6.45, 7) is -0.0520. The molecule has 0 unspecified atom stereocenters. The molecule has 0 spiro atoms. The number of aliphatic hydroxyl groups excluding tert-OH is 1. The fourth-order valence-electron chi connectivity index (χ4n) is 5.68. The molecule has 246 valence electrons. The number of amides is 1. The van der Waals surface area contributed by atoms with Gasteiger partial charge >= 0.3 is 5.69 Å². The van der Waals surface area contributed by atoms with Crippen LogP contribution in [0, 0.1) is 0 Å². The van der Waals surface area contributed by atoms with Crippen LogP contribution in [0.1, 0.15) is 38.7 Å². The Kier molecular flexibility index (Phi) is 9.94. The van der Waals surface area contributed by atoms with Crippen molar-refractivity contribution >= 4 is 11.7 Å². The van der Waals surface area contributed by atoms with Crippen molar-refractivity contribution in [2.75, 3.05) is 26.1 Å². The highest BCUT2D eigenvalue weighted by molar-refractivity contribution is 6.03. The fourth-order valence-corrected chi connectivity index (χ4v) is 5.68. The summed E-state index contributed by atoms with van der Waals surface area (Å²) in [6.07, 6.45) is 0.543. The Balaban J connectivity index is 1.25. The van der Waals surface area contributed by atoms with Gasteiger partial charge in [-0.25, -0.2) is 4.79 Å². The first kappa shape index (κ1) is 32.9. The summed E-state index contributed by atoms with van der Waals surface area (Å²) in [5.74, 6) is 1.21. The van der Waals surface area contributed by atoms with Crippen LogP contribution in [0.25, 0.3) is 5.69 Å². The Bertz CT molecular complexity index is 2000. The van der Waals surface area contributed by atoms with E-state index in [-0.39, 0.29) is 18.3 Å². The van der Waals surface area contributed by atoms with Gasteiger partial charge in [0.2, 0.25) is 0 Å². The molecule has 0 saturated carbocycles. The van der Waals surface area contributed by atoms with E-state index in [1.807, 2.05) is 84.9 Å². The van der Waals surface area contributed by atoms with Gasteiger partial charge in [0.25, 0.3) is 5.91 Å². The summed E-state index contributed by atoms with van der Waals surface area (Å²) in [5, 5.41) is 14.1. The monoisotopic (exact) mass is 653 g/mol. The number of carbonyl (C=O) groups excluding carboxylic acids is 1. The number of nitrogens with one attached hydrogen (secondary N) is 1. The van der Waals surface area contributed by atoms with Crippen molar-refractivity contribution < 1.29 is 24.1 Å². The Morgan fingerprint density at radius 2 is 1.27 bits per heavy atom. The number of hydrogen-bond acceptors (Lipinski definition) is 7. The van der Waals surface area contributed by atoms with Crippen LogP contribution < -0.4 is 20.5 Å². The molecule has 0 saturated heterocycles. The van der Waals surface area contributed by atoms with Gasteiger partial charge in [-0.15, -0.1) is 0 Å². The zero-order valence-electron chi connectivity index (χ0n) is 27.0. The smallest absolute Gasteiger partial charge is 0.354 e. The first-order chi connectivity index (χ1) is 23.9. The molecule has 1 amide bonds. The van der Waals surface area contributed by atoms with Gasteiger partial charge in [-0.2, -0.15) is 4.98 Å². The lowest BCUT2D eigenvalue weighted by Crippen LogP contribution is -2.34. The van der Waals surface area contributed by atoms with Crippen LogP contribution in [0.5, 0.6) is 11.5 Å². The van der Waals surface area contributed by atoms with Crippen LogP contribution in [0.4, 0.5) is 5.82 Å². The molecule has 0 aliphatic rings. The third kappa shape index (κ3) is 7.13. The highest BCUT2D eigenvalue weighted by atomic mass is 16.5. The molecule has 0 aliphatic carbocycles. The quantitative estimate of drug-likeness (QED) is 0.144. The van der Waals surface area contributed by atoms with Crippen LogP contribution in [0.3, 0.4) is 0 Å². The highest BCUT2D eigenvalue weighted by Gasteiger charge is 2.38. The van der Waals surface area contributed by atoms with E-state index in [9.17, 15) is 14.7 Å². The summed E-state index contributed by atoms with van der Waals surface area (Å²) < 4.78 is 19.0. The molecule has 0 bridgehead atoms. The Labute approximate surface area is 284 Å². The van der Waals surface area contributed by atoms with E-state index in [4.69, 9.17) is 14.2 Å². The van der Waals surface area contributed by atoms with E-state index >= 15 is 0 Å². The number of aromatic nitrogens is 2. The zero-order valence-corrected chi connectivity index (χ0v) is 27.0. The number of ether oxygens (including phenoxy) is 3. The molecule has 6 rings (SSSR count). The van der Waals surface area contributed by atoms with Gasteiger partial charge in [0, 0.05) is 11.8 Å². The number of benzene rings is 5. The van der Waals surface area contributed by atoms with Crippen molar-refractivity contribution in [2.45, 2.75) is 11.7 Å². The number of methoxy groups -OCH3 is 2. The van der Waals surface area contributed by atoms with Crippen molar-refractivity contribution in [1.82, 2.24) is 9.55 Å². The van der Waals surface area contributed by atoms with E-state index in [1.165, 1.54) is 4.57 Å². The Morgan fingerprint density at radius 3 is 1.80 bits per heavy atom. The second-order valence-electron chi connectivity index (χ2n) is 11.2. The SMILES string of the molecule is COc1ccc(C(OC[C@@H](O)c2ccc(-n3ccc(NC(=O)c4ccccc4)nc3=O)cc2)(c2ccccc2)c2ccc(OC)cc2)cc1. The number of aliphatic hydroxyl groups is 1. The number of hydrogen-bond donors (Lipinski definition) is 2. The third-order valence-corrected chi connectivity index (χ3v) is 8.27. The minimum atomic E-state index is -1.09. The lowest BCUT2D eigenvalue weighted by Gasteiger charge is -2.36. The minimum Gasteiger partial charge on any atom is -0.497 e. The molecular formula is C40H35N3O6. The minimum absolute atomic E-state index is 0.0520. The van der Waals surface area contributed by atoms with Gasteiger partial charge in [0.05, 0.1) is 26.5 Å². The fraction of sp³-hybridized carbons (Fsp3) is 0.125. The molecule has 6 aromatic rings. The third-order valence-electron chi connectivity index (χ3n) is 8.27. The van der Waals surface area contributed by atoms with Crippen molar-refractivity contribution in [3.63, 3.8) is 0 Å². The summed E-state index contributed by atoms with van der Waals surface area (Å²) >= 11 is 0. The maximum Gasteiger partial charge on any atom is 0.354 e. The molecule has 49 heavy (non-hydrogen) atoms. The summed E-state index contributed by atoms with van der Waals surface area (Å²) in [6, 6.07) is 42.4. The lowest BCUT2D eigenvalue weighted by molar-refractivity contribution is -0.0390. The van der Waals surface area contributed by atoms with E-state index < -0.39 is 17.4 Å². The predicted octanol–water partition coefficient (Wildman–Crippen LogP) is 6.54. The lowest BCUT2D eigenvalue weighted by atomic mass is 9.80. The summed E-state index contributed by atoms with van der Waals surface area (Å²) in [5.41, 5.74) is 2.54. The average Bonchev–Trinajstić information content (AvgIpc) is 3.16. The maximum atomic E-state index is 12.9. The second-order valence-corrected chi connectivity index (χ2v) is 11.2. The molecular weight excluding hydrogens is 618 g/mol. The maximum absolute atomic E-state index is 12.9. The van der Waals surface area contributed by atoms with E-state index in [1.54, 1.807) is 75.0 Å². The largest absolute Gasteiger partial charge is 0.497 e. The number of anilines is 1. The van der Waals surface area contributed by atoms with E-state index in [2.05, 4.69) is 10.3 Å². The molecule has 0 aliphatic heterocycles. The molecule has 1 atom stereocenters. The molecule has 9 nitrogen and oxygen atoms in total. The van der Waals surface area contributed by atoms with Crippen LogP contribution in [0.2, 0.25) is 0 Å². The van der Waals surface area contributed by atoms with E-state index in [0.29, 0.717) is 28.3 Å². The molecule has 2 N–H and O–H groups in total.